The second kappa shape index (κ2) is 6.75. The maximum Gasteiger partial charge on any atom is 0.0605 e. The zero-order valence-electron chi connectivity index (χ0n) is 11.9. The molecule has 0 saturated heterocycles. The van der Waals surface area contributed by atoms with Gasteiger partial charge in [-0.2, -0.15) is 0 Å². The van der Waals surface area contributed by atoms with Gasteiger partial charge in [0.15, 0.2) is 0 Å². The van der Waals surface area contributed by atoms with Crippen LogP contribution in [-0.2, 0) is 0 Å². The highest BCUT2D eigenvalue weighted by Gasteiger charge is 2.20. The van der Waals surface area contributed by atoms with E-state index in [-0.39, 0.29) is 0 Å². The highest BCUT2D eigenvalue weighted by Crippen LogP contribution is 2.26. The van der Waals surface area contributed by atoms with E-state index in [1.54, 1.807) is 0 Å². The second-order valence-electron chi connectivity index (χ2n) is 5.02. The molecule has 17 heavy (non-hydrogen) atoms. The van der Waals surface area contributed by atoms with E-state index in [1.807, 2.05) is 6.20 Å². The molecule has 0 fully saturated rings. The van der Waals surface area contributed by atoms with Crippen LogP contribution in [0.4, 0.5) is 0 Å². The number of nitrogens with one attached hydrogen (secondary N) is 1. The first-order chi connectivity index (χ1) is 8.10. The summed E-state index contributed by atoms with van der Waals surface area (Å²) in [6.45, 7) is 12.0. The van der Waals surface area contributed by atoms with E-state index in [1.165, 1.54) is 29.7 Å². The minimum atomic E-state index is 0.389. The molecule has 0 amide bonds. The van der Waals surface area contributed by atoms with Gasteiger partial charge >= 0.3 is 0 Å². The van der Waals surface area contributed by atoms with E-state index >= 15 is 0 Å². The maximum absolute atomic E-state index is 4.64. The number of aryl methyl sites for hydroxylation is 2. The summed E-state index contributed by atoms with van der Waals surface area (Å²) in [6, 6.07) is 2.62. The van der Waals surface area contributed by atoms with Crippen LogP contribution in [0, 0.1) is 19.8 Å². The molecule has 1 aromatic rings. The number of nitrogens with zero attached hydrogens (tertiary/aromatic N) is 1. The van der Waals surface area contributed by atoms with Crippen LogP contribution in [0.15, 0.2) is 12.3 Å². The summed E-state index contributed by atoms with van der Waals surface area (Å²) in [5.41, 5.74) is 3.77. The van der Waals surface area contributed by atoms with E-state index in [0.717, 1.165) is 6.54 Å². The molecule has 1 aromatic heterocycles. The Balaban J connectivity index is 2.96. The van der Waals surface area contributed by atoms with E-state index in [4.69, 9.17) is 0 Å². The van der Waals surface area contributed by atoms with Crippen LogP contribution in [0.5, 0.6) is 0 Å². The fourth-order valence-corrected chi connectivity index (χ4v) is 2.46. The first-order valence-corrected chi connectivity index (χ1v) is 6.76. The summed E-state index contributed by atoms with van der Waals surface area (Å²) in [7, 11) is 0. The Kier molecular flexibility index (Phi) is 5.63. The molecule has 96 valence electrons. The van der Waals surface area contributed by atoms with Crippen molar-refractivity contribution >= 4 is 0 Å². The topological polar surface area (TPSA) is 24.9 Å². The fraction of sp³-hybridized carbons (Fsp3) is 0.667. The van der Waals surface area contributed by atoms with Crippen LogP contribution >= 0.6 is 0 Å². The van der Waals surface area contributed by atoms with Crippen molar-refractivity contribution in [2.75, 3.05) is 6.54 Å². The van der Waals surface area contributed by atoms with E-state index in [0.29, 0.717) is 12.0 Å². The highest BCUT2D eigenvalue weighted by atomic mass is 14.9. The third kappa shape index (κ3) is 3.81. The van der Waals surface area contributed by atoms with Gasteiger partial charge in [0.25, 0.3) is 0 Å². The van der Waals surface area contributed by atoms with E-state index in [9.17, 15) is 0 Å². The molecule has 0 aliphatic rings. The van der Waals surface area contributed by atoms with Gasteiger partial charge in [-0.15, -0.1) is 0 Å². The molecule has 2 unspecified atom stereocenters. The summed E-state index contributed by atoms with van der Waals surface area (Å²) in [5.74, 6) is 0.633. The first-order valence-electron chi connectivity index (χ1n) is 6.76. The molecule has 0 spiro atoms. The molecule has 0 aliphatic carbocycles. The van der Waals surface area contributed by atoms with Gasteiger partial charge in [0.1, 0.15) is 0 Å². The number of rotatable bonds is 6. The summed E-state index contributed by atoms with van der Waals surface area (Å²) in [6.07, 6.45) is 4.45. The van der Waals surface area contributed by atoms with Crippen LogP contribution in [0.3, 0.4) is 0 Å². The summed E-state index contributed by atoms with van der Waals surface area (Å²) in [4.78, 5) is 4.64. The van der Waals surface area contributed by atoms with E-state index in [2.05, 4.69) is 51.0 Å². The lowest BCUT2D eigenvalue weighted by atomic mass is 9.91. The Morgan fingerprint density at radius 1 is 1.29 bits per heavy atom. The molecule has 2 atom stereocenters. The molecule has 2 nitrogen and oxygen atoms in total. The number of pyridine rings is 1. The molecule has 1 heterocycles. The molecule has 1 N–H and O–H groups in total. The van der Waals surface area contributed by atoms with Crippen LogP contribution < -0.4 is 5.32 Å². The monoisotopic (exact) mass is 234 g/mol. The Labute approximate surface area is 106 Å². The summed E-state index contributed by atoms with van der Waals surface area (Å²) in [5, 5.41) is 3.58. The normalized spacial score (nSPS) is 14.6. The standard InChI is InChI=1S/C15H26N2/c1-6-8-12(4)14(16-7-2)15-13(5)9-11(3)10-17-15/h9-10,12,14,16H,6-8H2,1-5H3. The van der Waals surface area contributed by atoms with Crippen LogP contribution in [0.25, 0.3) is 0 Å². The highest BCUT2D eigenvalue weighted by molar-refractivity contribution is 5.26. The molecule has 2 heteroatoms. The van der Waals surface area contributed by atoms with Crippen LogP contribution in [-0.4, -0.2) is 11.5 Å². The Hall–Kier alpha value is -0.890. The SMILES string of the molecule is CCCC(C)C(NCC)c1ncc(C)cc1C. The largest absolute Gasteiger partial charge is 0.309 e. The Bertz CT molecular complexity index is 347. The number of hydrogen-bond donors (Lipinski definition) is 1. The lowest BCUT2D eigenvalue weighted by Crippen LogP contribution is -2.28. The fourth-order valence-electron chi connectivity index (χ4n) is 2.46. The van der Waals surface area contributed by atoms with Crippen molar-refractivity contribution in [1.29, 1.82) is 0 Å². The molecule has 0 bridgehead atoms. The maximum atomic E-state index is 4.64. The predicted molar refractivity (Wildman–Crippen MR) is 74.2 cm³/mol. The third-order valence-electron chi connectivity index (χ3n) is 3.29. The predicted octanol–water partition coefficient (Wildman–Crippen LogP) is 3.79. The molecule has 0 aliphatic heterocycles. The van der Waals surface area contributed by atoms with Crippen molar-refractivity contribution in [3.63, 3.8) is 0 Å². The van der Waals surface area contributed by atoms with Crippen molar-refractivity contribution in [3.05, 3.63) is 29.1 Å². The van der Waals surface area contributed by atoms with Crippen molar-refractivity contribution in [2.45, 2.75) is 53.5 Å². The first kappa shape index (κ1) is 14.2. The Morgan fingerprint density at radius 2 is 2.00 bits per heavy atom. The van der Waals surface area contributed by atoms with E-state index < -0.39 is 0 Å². The van der Waals surface area contributed by atoms with Crippen molar-refractivity contribution in [1.82, 2.24) is 10.3 Å². The third-order valence-corrected chi connectivity index (χ3v) is 3.29. The van der Waals surface area contributed by atoms with Crippen LogP contribution in [0.1, 0.15) is 56.5 Å². The van der Waals surface area contributed by atoms with Crippen molar-refractivity contribution in [3.8, 4) is 0 Å². The average molecular weight is 234 g/mol. The van der Waals surface area contributed by atoms with Gasteiger partial charge in [0, 0.05) is 6.20 Å². The molecule has 1 rings (SSSR count). The molecular formula is C15H26N2. The minimum absolute atomic E-state index is 0.389. The lowest BCUT2D eigenvalue weighted by Gasteiger charge is -2.25. The number of aromatic nitrogens is 1. The zero-order valence-corrected chi connectivity index (χ0v) is 11.9. The quantitative estimate of drug-likeness (QED) is 0.810. The van der Waals surface area contributed by atoms with Gasteiger partial charge in [-0.1, -0.05) is 33.3 Å². The molecule has 0 radical (unpaired) electrons. The lowest BCUT2D eigenvalue weighted by molar-refractivity contribution is 0.361. The summed E-state index contributed by atoms with van der Waals surface area (Å²) < 4.78 is 0. The molecular weight excluding hydrogens is 208 g/mol. The summed E-state index contributed by atoms with van der Waals surface area (Å²) >= 11 is 0. The van der Waals surface area contributed by atoms with Gasteiger partial charge in [0.2, 0.25) is 0 Å². The van der Waals surface area contributed by atoms with Crippen LogP contribution in [0.2, 0.25) is 0 Å². The average Bonchev–Trinajstić information content (AvgIpc) is 2.27. The van der Waals surface area contributed by atoms with Gasteiger partial charge < -0.3 is 5.32 Å². The zero-order chi connectivity index (χ0) is 12.8. The smallest absolute Gasteiger partial charge is 0.0605 e. The van der Waals surface area contributed by atoms with Crippen molar-refractivity contribution in [2.24, 2.45) is 5.92 Å². The molecule has 0 saturated carbocycles. The van der Waals surface area contributed by atoms with Gasteiger partial charge in [-0.3, -0.25) is 4.98 Å². The molecule has 0 aromatic carbocycles. The number of hydrogen-bond acceptors (Lipinski definition) is 2. The van der Waals surface area contributed by atoms with Gasteiger partial charge in [-0.05, 0) is 43.9 Å². The van der Waals surface area contributed by atoms with Gasteiger partial charge in [0.05, 0.1) is 11.7 Å². The Morgan fingerprint density at radius 3 is 2.53 bits per heavy atom. The van der Waals surface area contributed by atoms with Gasteiger partial charge in [-0.25, -0.2) is 0 Å². The minimum Gasteiger partial charge on any atom is -0.309 e. The van der Waals surface area contributed by atoms with Crippen molar-refractivity contribution < 1.29 is 0 Å². The second-order valence-corrected chi connectivity index (χ2v) is 5.02.